The van der Waals surface area contributed by atoms with E-state index in [2.05, 4.69) is 5.32 Å². The van der Waals surface area contributed by atoms with Crippen molar-refractivity contribution in [1.29, 1.82) is 0 Å². The number of unbranched alkanes of at least 4 members (excludes halogenated alkanes) is 3. The van der Waals surface area contributed by atoms with E-state index in [0.717, 1.165) is 19.3 Å². The number of rotatable bonds is 10. The number of nitrogens with one attached hydrogen (secondary N) is 1. The topological polar surface area (TPSA) is 191 Å². The minimum Gasteiger partial charge on any atom is -0.481 e. The zero-order valence-corrected chi connectivity index (χ0v) is 20.4. The van der Waals surface area contributed by atoms with Crippen molar-refractivity contribution in [3.05, 3.63) is 64.7 Å². The Kier molecular flexibility index (Phi) is 12.4. The number of fused-ring (bicyclic) bond motifs is 2. The van der Waals surface area contributed by atoms with Gasteiger partial charge in [-0.2, -0.15) is 0 Å². The first-order chi connectivity index (χ1) is 14.4. The Balaban J connectivity index is 0.00000341. The zero-order valence-electron chi connectivity index (χ0n) is 18.1. The standard InChI is InChI=1S/C23H23NO6.2H3N.Pt/c25-20-14-8-4-5-9-15(14)21(26)19-16(20)11-7-12-18(19)24-13-6-2-1-3-10-17(22(27)28)23(29)30;;;/h4-5,7-9,11-12,17,24H,1-3,6,10,13H2,(H,27,28)(H,29,30);2*1H3;. The summed E-state index contributed by atoms with van der Waals surface area (Å²) in [4.78, 5) is 47.4. The Morgan fingerprint density at radius 1 is 0.758 bits per heavy atom. The van der Waals surface area contributed by atoms with Crippen molar-refractivity contribution in [2.75, 3.05) is 11.9 Å². The van der Waals surface area contributed by atoms with E-state index in [0.29, 0.717) is 40.9 Å². The predicted octanol–water partition coefficient (Wildman–Crippen LogP) is 3.93. The Morgan fingerprint density at radius 2 is 1.30 bits per heavy atom. The van der Waals surface area contributed by atoms with Crippen LogP contribution in [-0.4, -0.2) is 40.3 Å². The van der Waals surface area contributed by atoms with Gasteiger partial charge in [-0.1, -0.05) is 55.7 Å². The molecule has 9 nitrogen and oxygen atoms in total. The summed E-state index contributed by atoms with van der Waals surface area (Å²) in [5.74, 6) is -4.30. The van der Waals surface area contributed by atoms with Gasteiger partial charge in [-0.3, -0.25) is 19.2 Å². The quantitative estimate of drug-likeness (QED) is 0.162. The number of aliphatic carboxylic acids is 2. The van der Waals surface area contributed by atoms with Gasteiger partial charge in [0.1, 0.15) is 0 Å². The maximum atomic E-state index is 12.9. The van der Waals surface area contributed by atoms with Crippen LogP contribution in [0.25, 0.3) is 0 Å². The van der Waals surface area contributed by atoms with Crippen molar-refractivity contribution in [2.45, 2.75) is 32.1 Å². The van der Waals surface area contributed by atoms with E-state index in [1.54, 1.807) is 42.5 Å². The van der Waals surface area contributed by atoms with Crippen molar-refractivity contribution >= 4 is 29.2 Å². The monoisotopic (exact) mass is 638 g/mol. The van der Waals surface area contributed by atoms with Gasteiger partial charge in [-0.05, 0) is 18.9 Å². The van der Waals surface area contributed by atoms with Crippen molar-refractivity contribution in [3.8, 4) is 0 Å². The van der Waals surface area contributed by atoms with E-state index in [1.165, 1.54) is 0 Å². The number of carbonyl (C=O) groups excluding carboxylic acids is 2. The van der Waals surface area contributed by atoms with Crippen molar-refractivity contribution < 1.29 is 50.5 Å². The average Bonchev–Trinajstić information content (AvgIpc) is 2.73. The third kappa shape index (κ3) is 6.80. The largest absolute Gasteiger partial charge is 0.481 e. The van der Waals surface area contributed by atoms with Crippen LogP contribution >= 0.6 is 0 Å². The third-order valence-electron chi connectivity index (χ3n) is 5.28. The zero-order chi connectivity index (χ0) is 21.7. The van der Waals surface area contributed by atoms with Gasteiger partial charge < -0.3 is 27.8 Å². The van der Waals surface area contributed by atoms with Gasteiger partial charge in [-0.25, -0.2) is 0 Å². The Hall–Kier alpha value is -2.87. The summed E-state index contributed by atoms with van der Waals surface area (Å²) in [6, 6.07) is 12.0. The van der Waals surface area contributed by atoms with Crippen LogP contribution in [0, 0.1) is 5.92 Å². The summed E-state index contributed by atoms with van der Waals surface area (Å²) < 4.78 is 0. The number of anilines is 1. The molecule has 3 rings (SSSR count). The molecule has 0 atom stereocenters. The molecule has 0 saturated carbocycles. The molecule has 0 aromatic heterocycles. The maximum absolute atomic E-state index is 12.9. The first kappa shape index (κ1) is 30.1. The van der Waals surface area contributed by atoms with Crippen LogP contribution in [0.2, 0.25) is 0 Å². The normalized spacial score (nSPS) is 11.3. The number of carboxylic acid groups (broad SMARTS) is 2. The molecule has 182 valence electrons. The molecule has 0 heterocycles. The fourth-order valence-corrected chi connectivity index (χ4v) is 3.69. The summed E-state index contributed by atoms with van der Waals surface area (Å²) >= 11 is 0. The molecule has 1 aliphatic carbocycles. The fraction of sp³-hybridized carbons (Fsp3) is 0.304. The van der Waals surface area contributed by atoms with E-state index in [-0.39, 0.29) is 51.4 Å². The summed E-state index contributed by atoms with van der Waals surface area (Å²) in [5.41, 5.74) is 2.25. The number of carbonyl (C=O) groups is 4. The van der Waals surface area contributed by atoms with Crippen LogP contribution < -0.4 is 17.6 Å². The Labute approximate surface area is 206 Å². The molecule has 0 amide bonds. The number of benzene rings is 2. The van der Waals surface area contributed by atoms with Crippen molar-refractivity contribution in [1.82, 2.24) is 12.3 Å². The second-order valence-electron chi connectivity index (χ2n) is 7.29. The summed E-state index contributed by atoms with van der Waals surface area (Å²) in [6.45, 7) is 0.584. The minimum atomic E-state index is -1.36. The molecule has 10 heteroatoms. The molecule has 33 heavy (non-hydrogen) atoms. The van der Waals surface area contributed by atoms with Gasteiger partial charge in [0.2, 0.25) is 0 Å². The fourth-order valence-electron chi connectivity index (χ4n) is 3.69. The molecule has 1 aliphatic rings. The Bertz CT molecular complexity index is 997. The molecule has 0 bridgehead atoms. The van der Waals surface area contributed by atoms with Crippen molar-refractivity contribution in [3.63, 3.8) is 0 Å². The van der Waals surface area contributed by atoms with E-state index < -0.39 is 17.9 Å². The van der Waals surface area contributed by atoms with Crippen molar-refractivity contribution in [2.24, 2.45) is 5.92 Å². The van der Waals surface area contributed by atoms with E-state index in [1.807, 2.05) is 0 Å². The molecule has 0 radical (unpaired) electrons. The maximum Gasteiger partial charge on any atom is 0.317 e. The number of ketones is 2. The molecule has 0 aliphatic heterocycles. The molecule has 0 unspecified atom stereocenters. The third-order valence-corrected chi connectivity index (χ3v) is 5.28. The first-order valence-corrected chi connectivity index (χ1v) is 9.92. The molecule has 9 N–H and O–H groups in total. The van der Waals surface area contributed by atoms with Gasteiger partial charge in [-0.15, -0.1) is 0 Å². The van der Waals surface area contributed by atoms with Crippen LogP contribution in [0.3, 0.4) is 0 Å². The number of hydrogen-bond acceptors (Lipinski definition) is 7. The van der Waals surface area contributed by atoms with E-state index in [4.69, 9.17) is 10.2 Å². The summed E-state index contributed by atoms with van der Waals surface area (Å²) in [7, 11) is 0. The molecule has 2 aromatic carbocycles. The first-order valence-electron chi connectivity index (χ1n) is 9.92. The average molecular weight is 639 g/mol. The van der Waals surface area contributed by atoms with Crippen LogP contribution in [0.15, 0.2) is 42.5 Å². The molecule has 0 spiro atoms. The van der Waals surface area contributed by atoms with Gasteiger partial charge in [0.05, 0.1) is 5.56 Å². The van der Waals surface area contributed by atoms with Crippen LogP contribution in [0.1, 0.15) is 63.9 Å². The van der Waals surface area contributed by atoms with E-state index >= 15 is 0 Å². The Morgan fingerprint density at radius 3 is 1.91 bits per heavy atom. The molecular formula is C23H29N3O6Pt. The van der Waals surface area contributed by atoms with Crippen LogP contribution in [0.4, 0.5) is 5.69 Å². The molecule has 0 saturated heterocycles. The number of carboxylic acids is 2. The number of hydrogen-bond donors (Lipinski definition) is 5. The minimum absolute atomic E-state index is 0. The second-order valence-corrected chi connectivity index (χ2v) is 7.29. The second kappa shape index (κ2) is 13.6. The van der Waals surface area contributed by atoms with Crippen LogP contribution in [0.5, 0.6) is 0 Å². The molecule has 0 fully saturated rings. The van der Waals surface area contributed by atoms with Gasteiger partial charge >= 0.3 is 11.9 Å². The molecular weight excluding hydrogens is 609 g/mol. The van der Waals surface area contributed by atoms with Gasteiger partial charge in [0, 0.05) is 50.0 Å². The molecule has 2 aromatic rings. The smallest absolute Gasteiger partial charge is 0.317 e. The van der Waals surface area contributed by atoms with Gasteiger partial charge in [0.25, 0.3) is 0 Å². The predicted molar refractivity (Wildman–Crippen MR) is 120 cm³/mol. The van der Waals surface area contributed by atoms with E-state index in [9.17, 15) is 19.2 Å². The summed E-state index contributed by atoms with van der Waals surface area (Å²) in [5, 5.41) is 21.0. The van der Waals surface area contributed by atoms with Gasteiger partial charge in [0.15, 0.2) is 17.5 Å². The van der Waals surface area contributed by atoms with Crippen LogP contribution in [-0.2, 0) is 30.7 Å². The summed E-state index contributed by atoms with van der Waals surface area (Å²) in [6.07, 6.45) is 2.92. The SMILES string of the molecule is N.N.O=C1c2ccccc2C(=O)c2c(NCCCCCCC(C(=O)O)C(=O)O)cccc21.[Pt].